The molecule has 0 aliphatic heterocycles. The van der Waals surface area contributed by atoms with E-state index < -0.39 is 0 Å². The molecule has 0 amide bonds. The normalized spacial score (nSPS) is 19.1. The molecule has 1 unspecified atom stereocenters. The molecule has 1 aliphatic carbocycles. The Hall–Kier alpha value is -3.34. The van der Waals surface area contributed by atoms with Crippen molar-refractivity contribution in [2.24, 2.45) is 11.5 Å². The molecule has 1 fully saturated rings. The number of halogens is 1. The Bertz CT molecular complexity index is 1270. The summed E-state index contributed by atoms with van der Waals surface area (Å²) in [5.74, 6) is 1.02. The number of hydrogen-bond acceptors (Lipinski definition) is 9. The van der Waals surface area contributed by atoms with E-state index in [1.54, 1.807) is 12.4 Å². The van der Waals surface area contributed by atoms with Crippen LogP contribution in [0.3, 0.4) is 0 Å². The van der Waals surface area contributed by atoms with Crippen LogP contribution in [-0.4, -0.2) is 48.8 Å². The molecule has 7 N–H and O–H groups in total. The zero-order valence-corrected chi connectivity index (χ0v) is 19.3. The summed E-state index contributed by atoms with van der Waals surface area (Å²) in [7, 11) is 0. The quantitative estimate of drug-likeness (QED) is 0.269. The van der Waals surface area contributed by atoms with Crippen molar-refractivity contribution in [1.82, 2.24) is 30.1 Å². The van der Waals surface area contributed by atoms with Gasteiger partial charge in [0.2, 0.25) is 11.9 Å². The van der Waals surface area contributed by atoms with E-state index in [2.05, 4.69) is 40.8 Å². The number of benzene rings is 1. The van der Waals surface area contributed by atoms with Crippen LogP contribution in [0.1, 0.15) is 37.3 Å². The summed E-state index contributed by atoms with van der Waals surface area (Å²) >= 11 is 6.14. The molecule has 34 heavy (non-hydrogen) atoms. The van der Waals surface area contributed by atoms with Gasteiger partial charge in [0.1, 0.15) is 0 Å². The third-order valence-electron chi connectivity index (χ3n) is 6.12. The van der Waals surface area contributed by atoms with Crippen molar-refractivity contribution in [3.63, 3.8) is 0 Å². The molecule has 0 spiro atoms. The molecule has 1 aliphatic rings. The lowest BCUT2D eigenvalue weighted by Gasteiger charge is -2.26. The summed E-state index contributed by atoms with van der Waals surface area (Å²) < 4.78 is 0. The highest BCUT2D eigenvalue weighted by atomic mass is 35.5. The van der Waals surface area contributed by atoms with Gasteiger partial charge in [-0.05, 0) is 49.4 Å². The number of nitrogens with zero attached hydrogens (tertiary/aromatic N) is 5. The molecule has 10 nitrogen and oxygen atoms in total. The van der Waals surface area contributed by atoms with Crippen LogP contribution in [0.15, 0.2) is 42.7 Å². The highest BCUT2D eigenvalue weighted by Crippen LogP contribution is 2.26. The number of anilines is 2. The molecule has 4 aromatic rings. The largest absolute Gasteiger partial charge is 0.351 e. The molecule has 0 bridgehead atoms. The maximum absolute atomic E-state index is 6.14. The summed E-state index contributed by atoms with van der Waals surface area (Å²) in [6, 6.07) is 9.82. The van der Waals surface area contributed by atoms with Crippen molar-refractivity contribution in [2.45, 2.75) is 43.8 Å². The highest BCUT2D eigenvalue weighted by molar-refractivity contribution is 6.30. The predicted molar refractivity (Wildman–Crippen MR) is 133 cm³/mol. The van der Waals surface area contributed by atoms with Crippen molar-refractivity contribution in [3.05, 3.63) is 53.3 Å². The highest BCUT2D eigenvalue weighted by Gasteiger charge is 2.20. The Morgan fingerprint density at radius 1 is 1.09 bits per heavy atom. The Labute approximate surface area is 201 Å². The van der Waals surface area contributed by atoms with E-state index in [0.29, 0.717) is 46.9 Å². The van der Waals surface area contributed by atoms with Crippen molar-refractivity contribution in [1.29, 1.82) is 0 Å². The molecule has 1 saturated carbocycles. The van der Waals surface area contributed by atoms with Crippen LogP contribution in [0.5, 0.6) is 0 Å². The predicted octanol–water partition coefficient (Wildman–Crippen LogP) is 3.26. The minimum atomic E-state index is -0.182. The minimum Gasteiger partial charge on any atom is -0.351 e. The SMILES string of the molecule is NCC(Nc1nccc(-c2[nH]nc3nc(NC4CCC(N)CC4)ncc23)n1)c1cccc(Cl)c1. The second kappa shape index (κ2) is 9.88. The van der Waals surface area contributed by atoms with E-state index in [0.717, 1.165) is 42.3 Å². The molecule has 3 aromatic heterocycles. The number of rotatable bonds is 7. The summed E-state index contributed by atoms with van der Waals surface area (Å²) in [5.41, 5.74) is 14.9. The van der Waals surface area contributed by atoms with E-state index in [4.69, 9.17) is 23.1 Å². The van der Waals surface area contributed by atoms with Gasteiger partial charge in [0.05, 0.1) is 22.8 Å². The van der Waals surface area contributed by atoms with Crippen molar-refractivity contribution < 1.29 is 0 Å². The lowest BCUT2D eigenvalue weighted by molar-refractivity contribution is 0.410. The number of fused-ring (bicyclic) bond motifs is 1. The number of aromatic nitrogens is 6. The molecule has 176 valence electrons. The zero-order valence-electron chi connectivity index (χ0n) is 18.6. The first-order valence-corrected chi connectivity index (χ1v) is 11.8. The summed E-state index contributed by atoms with van der Waals surface area (Å²) in [5, 5.41) is 15.6. The molecule has 0 radical (unpaired) electrons. The van der Waals surface area contributed by atoms with Gasteiger partial charge in [-0.1, -0.05) is 23.7 Å². The lowest BCUT2D eigenvalue weighted by atomic mass is 9.92. The average molecular weight is 479 g/mol. The molecule has 1 atom stereocenters. The fourth-order valence-electron chi connectivity index (χ4n) is 4.24. The van der Waals surface area contributed by atoms with E-state index in [1.165, 1.54) is 0 Å². The first kappa shape index (κ1) is 22.5. The van der Waals surface area contributed by atoms with Crippen LogP contribution >= 0.6 is 11.6 Å². The molecular weight excluding hydrogens is 452 g/mol. The third kappa shape index (κ3) is 4.93. The van der Waals surface area contributed by atoms with Crippen LogP contribution in [0.4, 0.5) is 11.9 Å². The number of nitrogens with two attached hydrogens (primary N) is 2. The van der Waals surface area contributed by atoms with Gasteiger partial charge in [0.15, 0.2) is 5.65 Å². The Morgan fingerprint density at radius 2 is 1.94 bits per heavy atom. The van der Waals surface area contributed by atoms with Gasteiger partial charge in [-0.2, -0.15) is 10.1 Å². The van der Waals surface area contributed by atoms with E-state index >= 15 is 0 Å². The standard InChI is InChI=1S/C23H27ClN10/c24-14-3-1-2-13(10-14)19(11-25)31-22-27-9-8-18(30-22)20-17-12-28-23(32-21(17)34-33-20)29-16-6-4-15(26)5-7-16/h1-3,8-10,12,15-16,19H,4-7,11,25-26H2,(H,27,30,31)(H2,28,29,32,33,34). The first-order valence-electron chi connectivity index (χ1n) is 11.4. The second-order valence-corrected chi connectivity index (χ2v) is 8.98. The number of aromatic amines is 1. The Kier molecular flexibility index (Phi) is 6.52. The topological polar surface area (TPSA) is 156 Å². The van der Waals surface area contributed by atoms with Crippen LogP contribution in [0.2, 0.25) is 5.02 Å². The molecule has 11 heteroatoms. The van der Waals surface area contributed by atoms with Crippen molar-refractivity contribution >= 4 is 34.5 Å². The molecule has 5 rings (SSSR count). The fraction of sp³-hybridized carbons (Fsp3) is 0.348. The maximum atomic E-state index is 6.14. The van der Waals surface area contributed by atoms with Gasteiger partial charge in [-0.3, -0.25) is 5.10 Å². The van der Waals surface area contributed by atoms with Gasteiger partial charge in [-0.15, -0.1) is 0 Å². The third-order valence-corrected chi connectivity index (χ3v) is 6.35. The van der Waals surface area contributed by atoms with E-state index in [1.807, 2.05) is 30.3 Å². The summed E-state index contributed by atoms with van der Waals surface area (Å²) in [6.45, 7) is 0.359. The average Bonchev–Trinajstić information content (AvgIpc) is 3.27. The van der Waals surface area contributed by atoms with Crippen LogP contribution in [0, 0.1) is 0 Å². The van der Waals surface area contributed by atoms with Gasteiger partial charge in [0.25, 0.3) is 0 Å². The van der Waals surface area contributed by atoms with Crippen LogP contribution in [0.25, 0.3) is 22.4 Å². The Balaban J connectivity index is 1.35. The van der Waals surface area contributed by atoms with Crippen LogP contribution in [-0.2, 0) is 0 Å². The number of hydrogen-bond donors (Lipinski definition) is 5. The maximum Gasteiger partial charge on any atom is 0.224 e. The molecule has 3 heterocycles. The first-order chi connectivity index (χ1) is 16.6. The van der Waals surface area contributed by atoms with Gasteiger partial charge >= 0.3 is 0 Å². The van der Waals surface area contributed by atoms with Crippen LogP contribution < -0.4 is 22.1 Å². The number of nitrogens with one attached hydrogen (secondary N) is 3. The van der Waals surface area contributed by atoms with Gasteiger partial charge in [0, 0.05) is 36.0 Å². The summed E-state index contributed by atoms with van der Waals surface area (Å²) in [6.07, 6.45) is 7.52. The minimum absolute atomic E-state index is 0.182. The fourth-order valence-corrected chi connectivity index (χ4v) is 4.44. The van der Waals surface area contributed by atoms with Crippen molar-refractivity contribution in [3.8, 4) is 11.4 Å². The smallest absolute Gasteiger partial charge is 0.224 e. The van der Waals surface area contributed by atoms with E-state index in [9.17, 15) is 0 Å². The van der Waals surface area contributed by atoms with Gasteiger partial charge in [-0.25, -0.2) is 15.0 Å². The summed E-state index contributed by atoms with van der Waals surface area (Å²) in [4.78, 5) is 18.1. The molecule has 1 aromatic carbocycles. The zero-order chi connectivity index (χ0) is 23.5. The number of H-pyrrole nitrogens is 1. The van der Waals surface area contributed by atoms with Crippen molar-refractivity contribution in [2.75, 3.05) is 17.2 Å². The molecular formula is C23H27ClN10. The molecule has 0 saturated heterocycles. The monoisotopic (exact) mass is 478 g/mol. The van der Waals surface area contributed by atoms with E-state index in [-0.39, 0.29) is 6.04 Å². The van der Waals surface area contributed by atoms with Gasteiger partial charge < -0.3 is 22.1 Å². The second-order valence-electron chi connectivity index (χ2n) is 8.54. The Morgan fingerprint density at radius 3 is 2.74 bits per heavy atom. The lowest BCUT2D eigenvalue weighted by Crippen LogP contribution is -2.33.